The van der Waals surface area contributed by atoms with Crippen molar-refractivity contribution in [3.63, 3.8) is 0 Å². The summed E-state index contributed by atoms with van der Waals surface area (Å²) in [4.78, 5) is 25.3. The molecule has 0 heterocycles. The van der Waals surface area contributed by atoms with E-state index in [9.17, 15) is 9.59 Å². The summed E-state index contributed by atoms with van der Waals surface area (Å²) in [6.45, 7) is 5.50. The quantitative estimate of drug-likeness (QED) is 0.300. The van der Waals surface area contributed by atoms with Gasteiger partial charge < -0.3 is 24.6 Å². The summed E-state index contributed by atoms with van der Waals surface area (Å²) >= 11 is 0. The Balaban J connectivity index is 3.45. The predicted octanol–water partition coefficient (Wildman–Crippen LogP) is 0.0654. The Morgan fingerprint density at radius 3 is 2.19 bits per heavy atom. The topological polar surface area (TPSA) is 106 Å². The molecule has 0 aromatic heterocycles. The number of amidine groups is 1. The van der Waals surface area contributed by atoms with Crippen molar-refractivity contribution in [3.8, 4) is 0 Å². The van der Waals surface area contributed by atoms with E-state index < -0.39 is 5.97 Å². The number of hydrogen-bond acceptors (Lipinski definition) is 6. The largest absolute Gasteiger partial charge is 0.480 e. The van der Waals surface area contributed by atoms with Gasteiger partial charge in [-0.3, -0.25) is 14.6 Å². The van der Waals surface area contributed by atoms with Crippen LogP contribution in [0.15, 0.2) is 4.99 Å². The van der Waals surface area contributed by atoms with E-state index >= 15 is 0 Å². The number of nitrogens with one attached hydrogen (secondary N) is 1. The average molecular weight is 304 g/mol. The molecule has 2 N–H and O–H groups in total. The van der Waals surface area contributed by atoms with Crippen LogP contribution in [-0.2, 0) is 23.8 Å². The van der Waals surface area contributed by atoms with Crippen LogP contribution < -0.4 is 5.32 Å². The highest BCUT2D eigenvalue weighted by molar-refractivity contribution is 5.97. The van der Waals surface area contributed by atoms with Gasteiger partial charge in [0, 0.05) is 6.61 Å². The van der Waals surface area contributed by atoms with Crippen LogP contribution >= 0.6 is 0 Å². The summed E-state index contributed by atoms with van der Waals surface area (Å²) in [5, 5.41) is 10.8. The molecule has 8 nitrogen and oxygen atoms in total. The lowest BCUT2D eigenvalue weighted by Crippen LogP contribution is -2.32. The summed E-state index contributed by atoms with van der Waals surface area (Å²) in [7, 11) is 0. The molecule has 0 saturated carbocycles. The lowest BCUT2D eigenvalue weighted by Gasteiger charge is -2.07. The average Bonchev–Trinajstić information content (AvgIpc) is 2.43. The van der Waals surface area contributed by atoms with Gasteiger partial charge in [-0.15, -0.1) is 0 Å². The van der Waals surface area contributed by atoms with Crippen LogP contribution in [0, 0.1) is 0 Å². The normalized spacial score (nSPS) is 11.4. The van der Waals surface area contributed by atoms with E-state index in [0.717, 1.165) is 13.0 Å². The van der Waals surface area contributed by atoms with Gasteiger partial charge in [0.2, 0.25) is 0 Å². The van der Waals surface area contributed by atoms with Crippen LogP contribution in [0.25, 0.3) is 0 Å². The van der Waals surface area contributed by atoms with E-state index in [1.807, 2.05) is 6.92 Å². The van der Waals surface area contributed by atoms with Crippen molar-refractivity contribution >= 4 is 17.7 Å². The predicted molar refractivity (Wildman–Crippen MR) is 76.5 cm³/mol. The molecule has 0 aromatic rings. The third kappa shape index (κ3) is 14.7. The maximum Gasteiger partial charge on any atom is 0.325 e. The zero-order chi connectivity index (χ0) is 15.9. The van der Waals surface area contributed by atoms with E-state index in [4.69, 9.17) is 19.3 Å². The number of rotatable bonds is 12. The molecule has 8 heteroatoms. The zero-order valence-corrected chi connectivity index (χ0v) is 12.6. The molecule has 1 amide bonds. The molecule has 122 valence electrons. The van der Waals surface area contributed by atoms with Gasteiger partial charge >= 0.3 is 5.97 Å². The van der Waals surface area contributed by atoms with Gasteiger partial charge in [-0.2, -0.15) is 0 Å². The maximum atomic E-state index is 11.4. The Hall–Kier alpha value is -1.51. The number of amides is 1. The van der Waals surface area contributed by atoms with Crippen molar-refractivity contribution in [1.29, 1.82) is 0 Å². The van der Waals surface area contributed by atoms with Gasteiger partial charge in [-0.05, 0) is 13.3 Å². The number of carbonyl (C=O) groups excluding carboxylic acids is 1. The first kappa shape index (κ1) is 19.5. The second-order valence-corrected chi connectivity index (χ2v) is 4.12. The summed E-state index contributed by atoms with van der Waals surface area (Å²) in [6, 6.07) is 0. The number of carboxylic acids is 1. The third-order valence-electron chi connectivity index (χ3n) is 2.10. The molecule has 0 aliphatic carbocycles. The van der Waals surface area contributed by atoms with Crippen LogP contribution in [0.5, 0.6) is 0 Å². The molecule has 0 saturated heterocycles. The molecular formula is C13H24N2O6. The molecule has 0 unspecified atom stereocenters. The van der Waals surface area contributed by atoms with E-state index in [-0.39, 0.29) is 24.9 Å². The minimum Gasteiger partial charge on any atom is -0.480 e. The fraction of sp³-hybridized carbons (Fsp3) is 0.769. The van der Waals surface area contributed by atoms with Gasteiger partial charge in [0.1, 0.15) is 19.0 Å². The standard InChI is InChI=1S/C13H24N2O6/c1-3-4-19-5-6-20-7-8-21-10-12(16)15-11(2)14-9-13(17)18/h3-10H2,1-2H3,(H,17,18)(H,14,15,16). The van der Waals surface area contributed by atoms with Crippen molar-refractivity contribution in [3.05, 3.63) is 0 Å². The minimum absolute atomic E-state index is 0.129. The molecular weight excluding hydrogens is 280 g/mol. The molecule has 0 rings (SSSR count). The molecule has 0 bridgehead atoms. The molecule has 0 aliphatic rings. The molecule has 0 atom stereocenters. The Bertz CT molecular complexity index is 333. The first-order valence-electron chi connectivity index (χ1n) is 6.82. The summed E-state index contributed by atoms with van der Waals surface area (Å²) in [5.74, 6) is -1.19. The lowest BCUT2D eigenvalue weighted by atomic mass is 10.5. The van der Waals surface area contributed by atoms with Gasteiger partial charge in [-0.25, -0.2) is 0 Å². The number of aliphatic imine (C=N–C) groups is 1. The van der Waals surface area contributed by atoms with Crippen LogP contribution in [0.2, 0.25) is 0 Å². The van der Waals surface area contributed by atoms with Crippen molar-refractivity contribution in [2.75, 3.05) is 46.2 Å². The SMILES string of the molecule is CCCOCCOCCOCC(=O)NC(C)=NCC(=O)O. The Labute approximate surface area is 124 Å². The molecule has 0 fully saturated rings. The number of carbonyl (C=O) groups is 2. The third-order valence-corrected chi connectivity index (χ3v) is 2.10. The summed E-state index contributed by atoms with van der Waals surface area (Å²) < 4.78 is 15.6. The monoisotopic (exact) mass is 304 g/mol. The van der Waals surface area contributed by atoms with Crippen LogP contribution in [0.3, 0.4) is 0 Å². The summed E-state index contributed by atoms with van der Waals surface area (Å²) in [6.07, 6.45) is 0.980. The fourth-order valence-corrected chi connectivity index (χ4v) is 1.21. The van der Waals surface area contributed by atoms with E-state index in [1.165, 1.54) is 6.92 Å². The number of aliphatic carboxylic acids is 1. The number of carboxylic acid groups (broad SMARTS) is 1. The van der Waals surface area contributed by atoms with Crippen LogP contribution in [-0.4, -0.2) is 69.0 Å². The van der Waals surface area contributed by atoms with Gasteiger partial charge in [-0.1, -0.05) is 6.92 Å². The van der Waals surface area contributed by atoms with E-state index in [1.54, 1.807) is 0 Å². The maximum absolute atomic E-state index is 11.4. The highest BCUT2D eigenvalue weighted by atomic mass is 16.5. The van der Waals surface area contributed by atoms with Gasteiger partial charge in [0.15, 0.2) is 0 Å². The second-order valence-electron chi connectivity index (χ2n) is 4.12. The second kappa shape index (κ2) is 13.5. The number of nitrogens with zero attached hydrogens (tertiary/aromatic N) is 1. The van der Waals surface area contributed by atoms with Gasteiger partial charge in [0.05, 0.1) is 26.4 Å². The highest BCUT2D eigenvalue weighted by Crippen LogP contribution is 1.84. The summed E-state index contributed by atoms with van der Waals surface area (Å²) in [5.41, 5.74) is 0. The minimum atomic E-state index is -1.06. The Morgan fingerprint density at radius 2 is 1.62 bits per heavy atom. The molecule has 0 aliphatic heterocycles. The van der Waals surface area contributed by atoms with Crippen molar-refractivity contribution < 1.29 is 28.9 Å². The molecule has 0 radical (unpaired) electrons. The Kier molecular flexibility index (Phi) is 12.5. The highest BCUT2D eigenvalue weighted by Gasteiger charge is 2.03. The Morgan fingerprint density at radius 1 is 1.05 bits per heavy atom. The lowest BCUT2D eigenvalue weighted by molar-refractivity contribution is -0.135. The number of hydrogen-bond donors (Lipinski definition) is 2. The van der Waals surface area contributed by atoms with Gasteiger partial charge in [0.25, 0.3) is 5.91 Å². The van der Waals surface area contributed by atoms with E-state index in [0.29, 0.717) is 26.4 Å². The van der Waals surface area contributed by atoms with Crippen LogP contribution in [0.4, 0.5) is 0 Å². The fourth-order valence-electron chi connectivity index (χ4n) is 1.21. The zero-order valence-electron chi connectivity index (χ0n) is 12.6. The van der Waals surface area contributed by atoms with E-state index in [2.05, 4.69) is 10.3 Å². The molecule has 0 aromatic carbocycles. The van der Waals surface area contributed by atoms with Crippen molar-refractivity contribution in [2.24, 2.45) is 4.99 Å². The van der Waals surface area contributed by atoms with Crippen molar-refractivity contribution in [1.82, 2.24) is 5.32 Å². The first-order valence-corrected chi connectivity index (χ1v) is 6.82. The van der Waals surface area contributed by atoms with Crippen molar-refractivity contribution in [2.45, 2.75) is 20.3 Å². The molecule has 21 heavy (non-hydrogen) atoms. The van der Waals surface area contributed by atoms with Crippen LogP contribution in [0.1, 0.15) is 20.3 Å². The molecule has 0 spiro atoms. The smallest absolute Gasteiger partial charge is 0.325 e. The number of ether oxygens (including phenoxy) is 3. The first-order chi connectivity index (χ1) is 10.1.